The number of nitrogens with zero attached hydrogens (tertiary/aromatic N) is 3. The van der Waals surface area contributed by atoms with Crippen molar-refractivity contribution in [1.29, 1.82) is 0 Å². The molecule has 14 heavy (non-hydrogen) atoms. The van der Waals surface area contributed by atoms with E-state index in [1.54, 1.807) is 6.20 Å². The molecule has 0 radical (unpaired) electrons. The van der Waals surface area contributed by atoms with Gasteiger partial charge in [-0.25, -0.2) is 0 Å². The van der Waals surface area contributed by atoms with E-state index in [0.29, 0.717) is 0 Å². The first-order valence-electron chi connectivity index (χ1n) is 4.41. The van der Waals surface area contributed by atoms with E-state index in [2.05, 4.69) is 32.4 Å². The molecule has 0 amide bonds. The van der Waals surface area contributed by atoms with E-state index >= 15 is 0 Å². The number of aromatic amines is 1. The first-order chi connectivity index (χ1) is 6.77. The van der Waals surface area contributed by atoms with Crippen LogP contribution in [0, 0.1) is 0 Å². The Morgan fingerprint density at radius 2 is 2.14 bits per heavy atom. The summed E-state index contributed by atoms with van der Waals surface area (Å²) in [6.45, 7) is 0. The zero-order valence-electron chi connectivity index (χ0n) is 8.23. The van der Waals surface area contributed by atoms with Crippen LogP contribution >= 0.6 is 0 Å². The predicted octanol–water partition coefficient (Wildman–Crippen LogP) is 1.54. The molecule has 0 aliphatic heterocycles. The van der Waals surface area contributed by atoms with Gasteiger partial charge in [0.15, 0.2) is 0 Å². The second-order valence-corrected chi connectivity index (χ2v) is 3.30. The SMILES string of the molecule is CN(C)c1cccc(-c2cn[nH]n2)c1. The lowest BCUT2D eigenvalue weighted by Gasteiger charge is -2.12. The van der Waals surface area contributed by atoms with Crippen LogP contribution in [0.25, 0.3) is 11.3 Å². The van der Waals surface area contributed by atoms with Crippen LogP contribution in [0.5, 0.6) is 0 Å². The van der Waals surface area contributed by atoms with Crippen molar-refractivity contribution < 1.29 is 0 Å². The third kappa shape index (κ3) is 1.59. The van der Waals surface area contributed by atoms with Gasteiger partial charge in [-0.1, -0.05) is 12.1 Å². The number of hydrogen-bond acceptors (Lipinski definition) is 3. The van der Waals surface area contributed by atoms with Gasteiger partial charge in [0.05, 0.1) is 6.20 Å². The minimum Gasteiger partial charge on any atom is -0.378 e. The van der Waals surface area contributed by atoms with Crippen LogP contribution in [0.1, 0.15) is 0 Å². The van der Waals surface area contributed by atoms with Crippen LogP contribution in [-0.2, 0) is 0 Å². The quantitative estimate of drug-likeness (QED) is 0.777. The van der Waals surface area contributed by atoms with E-state index in [0.717, 1.165) is 16.9 Å². The molecule has 4 nitrogen and oxygen atoms in total. The lowest BCUT2D eigenvalue weighted by Crippen LogP contribution is -2.08. The maximum atomic E-state index is 4.03. The van der Waals surface area contributed by atoms with Gasteiger partial charge in [-0.3, -0.25) is 0 Å². The van der Waals surface area contributed by atoms with E-state index in [4.69, 9.17) is 0 Å². The van der Waals surface area contributed by atoms with Gasteiger partial charge in [-0.05, 0) is 12.1 Å². The molecule has 0 saturated heterocycles. The predicted molar refractivity (Wildman–Crippen MR) is 56.1 cm³/mol. The number of H-pyrrole nitrogens is 1. The smallest absolute Gasteiger partial charge is 0.112 e. The van der Waals surface area contributed by atoms with Gasteiger partial charge in [-0.2, -0.15) is 15.4 Å². The van der Waals surface area contributed by atoms with Crippen molar-refractivity contribution in [3.63, 3.8) is 0 Å². The maximum Gasteiger partial charge on any atom is 0.112 e. The summed E-state index contributed by atoms with van der Waals surface area (Å²) in [5.74, 6) is 0. The van der Waals surface area contributed by atoms with E-state index < -0.39 is 0 Å². The summed E-state index contributed by atoms with van der Waals surface area (Å²) < 4.78 is 0. The second kappa shape index (κ2) is 3.49. The van der Waals surface area contributed by atoms with Gasteiger partial charge in [0.2, 0.25) is 0 Å². The number of nitrogens with one attached hydrogen (secondary N) is 1. The Kier molecular flexibility index (Phi) is 2.18. The Balaban J connectivity index is 2.41. The zero-order chi connectivity index (χ0) is 9.97. The highest BCUT2D eigenvalue weighted by Gasteiger charge is 2.02. The molecule has 0 saturated carbocycles. The fourth-order valence-electron chi connectivity index (χ4n) is 1.28. The molecule has 2 rings (SSSR count). The summed E-state index contributed by atoms with van der Waals surface area (Å²) in [6, 6.07) is 8.17. The molecule has 0 bridgehead atoms. The van der Waals surface area contributed by atoms with Crippen molar-refractivity contribution in [1.82, 2.24) is 15.4 Å². The molecular formula is C10H12N4. The largest absolute Gasteiger partial charge is 0.378 e. The number of benzene rings is 1. The molecule has 0 atom stereocenters. The van der Waals surface area contributed by atoms with Crippen molar-refractivity contribution in [3.8, 4) is 11.3 Å². The second-order valence-electron chi connectivity index (χ2n) is 3.30. The highest BCUT2D eigenvalue weighted by atomic mass is 15.3. The first-order valence-corrected chi connectivity index (χ1v) is 4.41. The summed E-state index contributed by atoms with van der Waals surface area (Å²) in [5.41, 5.74) is 3.10. The van der Waals surface area contributed by atoms with Gasteiger partial charge in [0.25, 0.3) is 0 Å². The van der Waals surface area contributed by atoms with Crippen molar-refractivity contribution in [2.24, 2.45) is 0 Å². The maximum absolute atomic E-state index is 4.03. The fraction of sp³-hybridized carbons (Fsp3) is 0.200. The molecule has 0 spiro atoms. The van der Waals surface area contributed by atoms with E-state index in [1.165, 1.54) is 0 Å². The molecular weight excluding hydrogens is 176 g/mol. The monoisotopic (exact) mass is 188 g/mol. The van der Waals surface area contributed by atoms with Crippen LogP contribution in [-0.4, -0.2) is 29.5 Å². The molecule has 1 aromatic carbocycles. The summed E-state index contributed by atoms with van der Waals surface area (Å²) >= 11 is 0. The average Bonchev–Trinajstić information content (AvgIpc) is 2.71. The first kappa shape index (κ1) is 8.74. The lowest BCUT2D eigenvalue weighted by atomic mass is 10.1. The van der Waals surface area contributed by atoms with Gasteiger partial charge in [0, 0.05) is 25.3 Å². The van der Waals surface area contributed by atoms with E-state index in [1.807, 2.05) is 26.2 Å². The topological polar surface area (TPSA) is 44.8 Å². The Morgan fingerprint density at radius 3 is 2.79 bits per heavy atom. The molecule has 0 unspecified atom stereocenters. The third-order valence-electron chi connectivity index (χ3n) is 2.07. The van der Waals surface area contributed by atoms with Crippen LogP contribution in [0.15, 0.2) is 30.5 Å². The molecule has 72 valence electrons. The Hall–Kier alpha value is -1.84. The molecule has 0 aliphatic carbocycles. The minimum absolute atomic E-state index is 0.869. The third-order valence-corrected chi connectivity index (χ3v) is 2.07. The Bertz CT molecular complexity index is 406. The highest BCUT2D eigenvalue weighted by molar-refractivity contribution is 5.64. The van der Waals surface area contributed by atoms with E-state index in [-0.39, 0.29) is 0 Å². The lowest BCUT2D eigenvalue weighted by molar-refractivity contribution is 0.942. The van der Waals surface area contributed by atoms with Gasteiger partial charge < -0.3 is 4.90 Å². The standard InChI is InChI=1S/C10H12N4/c1-14(2)9-5-3-4-8(6-9)10-7-11-13-12-10/h3-7H,1-2H3,(H,11,12,13). The van der Waals surface area contributed by atoms with Crippen LogP contribution in [0.2, 0.25) is 0 Å². The van der Waals surface area contributed by atoms with Gasteiger partial charge in [0.1, 0.15) is 5.69 Å². The van der Waals surface area contributed by atoms with Crippen molar-refractivity contribution >= 4 is 5.69 Å². The number of rotatable bonds is 2. The molecule has 0 fully saturated rings. The van der Waals surface area contributed by atoms with Gasteiger partial charge >= 0.3 is 0 Å². The zero-order valence-corrected chi connectivity index (χ0v) is 8.23. The van der Waals surface area contributed by atoms with Gasteiger partial charge in [-0.15, -0.1) is 0 Å². The highest BCUT2D eigenvalue weighted by Crippen LogP contribution is 2.20. The van der Waals surface area contributed by atoms with E-state index in [9.17, 15) is 0 Å². The molecule has 4 heteroatoms. The molecule has 1 aromatic heterocycles. The summed E-state index contributed by atoms with van der Waals surface area (Å²) in [7, 11) is 4.03. The van der Waals surface area contributed by atoms with Crippen molar-refractivity contribution in [3.05, 3.63) is 30.5 Å². The van der Waals surface area contributed by atoms with Crippen LogP contribution in [0.4, 0.5) is 5.69 Å². The Morgan fingerprint density at radius 1 is 1.29 bits per heavy atom. The molecule has 1 heterocycles. The van der Waals surface area contributed by atoms with Crippen LogP contribution in [0.3, 0.4) is 0 Å². The van der Waals surface area contributed by atoms with Crippen molar-refractivity contribution in [2.45, 2.75) is 0 Å². The average molecular weight is 188 g/mol. The molecule has 2 aromatic rings. The summed E-state index contributed by atoms with van der Waals surface area (Å²) in [6.07, 6.45) is 1.72. The fourth-order valence-corrected chi connectivity index (χ4v) is 1.28. The van der Waals surface area contributed by atoms with Crippen LogP contribution < -0.4 is 4.90 Å². The normalized spacial score (nSPS) is 10.1. The summed E-state index contributed by atoms with van der Waals surface area (Å²) in [5, 5.41) is 10.4. The molecule has 0 aliphatic rings. The number of anilines is 1. The number of hydrogen-bond donors (Lipinski definition) is 1. The number of aromatic nitrogens is 3. The summed E-state index contributed by atoms with van der Waals surface area (Å²) in [4.78, 5) is 2.06. The minimum atomic E-state index is 0.869. The molecule has 1 N–H and O–H groups in total. The Labute approximate surface area is 82.6 Å². The van der Waals surface area contributed by atoms with Crippen molar-refractivity contribution in [2.75, 3.05) is 19.0 Å².